The molecule has 1 amide bonds. The quantitative estimate of drug-likeness (QED) is 0.707. The first-order chi connectivity index (χ1) is 14.3. The molecule has 2 aromatic heterocycles. The van der Waals surface area contributed by atoms with Crippen molar-refractivity contribution in [3.63, 3.8) is 0 Å². The van der Waals surface area contributed by atoms with Crippen molar-refractivity contribution in [3.8, 4) is 0 Å². The van der Waals surface area contributed by atoms with Crippen molar-refractivity contribution in [2.75, 3.05) is 49.2 Å². The van der Waals surface area contributed by atoms with E-state index in [1.54, 1.807) is 12.5 Å². The van der Waals surface area contributed by atoms with E-state index < -0.39 is 0 Å². The number of aromatic nitrogens is 4. The van der Waals surface area contributed by atoms with Gasteiger partial charge in [0, 0.05) is 55.9 Å². The lowest BCUT2D eigenvalue weighted by Gasteiger charge is -2.28. The van der Waals surface area contributed by atoms with Crippen LogP contribution in [0.2, 0.25) is 0 Å². The fourth-order valence-corrected chi connectivity index (χ4v) is 3.95. The molecule has 1 N–H and O–H groups in total. The highest BCUT2D eigenvalue weighted by atomic mass is 16.5. The largest absolute Gasteiger partial charge is 0.378 e. The summed E-state index contributed by atoms with van der Waals surface area (Å²) in [7, 11) is 0. The number of nitrogens with zero attached hydrogens (tertiary/aromatic N) is 6. The van der Waals surface area contributed by atoms with Crippen molar-refractivity contribution in [1.82, 2.24) is 24.9 Å². The Kier molecular flexibility index (Phi) is 4.73. The zero-order valence-corrected chi connectivity index (χ0v) is 16.1. The number of fused-ring (bicyclic) bond motifs is 1. The molecule has 9 heteroatoms. The smallest absolute Gasteiger partial charge is 0.251 e. The standard InChI is InChI=1S/C20H23N7O2/c28-20(15-1-3-17(4-2-15)25-9-11-29-12-10-25)23-16-5-7-26(13-16)18-19-24-22-14-27(19)8-6-21-18/h1-4,6,8,14,16H,5,7,9-13H2,(H,23,28)/t16-/m1/s1. The molecule has 5 rings (SSSR count). The van der Waals surface area contributed by atoms with Crippen LogP contribution in [0.15, 0.2) is 43.0 Å². The Balaban J connectivity index is 1.22. The van der Waals surface area contributed by atoms with Crippen molar-refractivity contribution in [2.24, 2.45) is 0 Å². The summed E-state index contributed by atoms with van der Waals surface area (Å²) in [6.07, 6.45) is 6.10. The van der Waals surface area contributed by atoms with Crippen LogP contribution < -0.4 is 15.1 Å². The number of carbonyl (C=O) groups is 1. The lowest BCUT2D eigenvalue weighted by molar-refractivity contribution is 0.0940. The zero-order chi connectivity index (χ0) is 19.6. The number of morpholine rings is 1. The summed E-state index contributed by atoms with van der Waals surface area (Å²) in [5, 5.41) is 11.3. The number of amides is 1. The average Bonchev–Trinajstić information content (AvgIpc) is 3.44. The van der Waals surface area contributed by atoms with Gasteiger partial charge < -0.3 is 19.9 Å². The number of ether oxygens (including phenoxy) is 1. The Bertz CT molecular complexity index is 997. The van der Waals surface area contributed by atoms with Gasteiger partial charge in [-0.3, -0.25) is 9.20 Å². The number of hydrogen-bond acceptors (Lipinski definition) is 7. The maximum Gasteiger partial charge on any atom is 0.251 e. The van der Waals surface area contributed by atoms with Crippen LogP contribution in [0.25, 0.3) is 5.65 Å². The molecule has 0 radical (unpaired) electrons. The SMILES string of the molecule is O=C(N[C@@H]1CCN(c2nccn3cnnc23)C1)c1ccc(N2CCOCC2)cc1. The monoisotopic (exact) mass is 393 g/mol. The molecule has 2 aliphatic rings. The lowest BCUT2D eigenvalue weighted by Crippen LogP contribution is -2.37. The van der Waals surface area contributed by atoms with Gasteiger partial charge in [0.15, 0.2) is 5.82 Å². The topological polar surface area (TPSA) is 87.9 Å². The Hall–Kier alpha value is -3.20. The predicted molar refractivity (Wildman–Crippen MR) is 108 cm³/mol. The molecule has 0 spiro atoms. The first-order valence-electron chi connectivity index (χ1n) is 9.91. The highest BCUT2D eigenvalue weighted by Crippen LogP contribution is 2.22. The summed E-state index contributed by atoms with van der Waals surface area (Å²) in [6, 6.07) is 7.89. The van der Waals surface area contributed by atoms with Crippen LogP contribution >= 0.6 is 0 Å². The van der Waals surface area contributed by atoms with Gasteiger partial charge in [-0.25, -0.2) is 4.98 Å². The molecule has 2 aliphatic heterocycles. The van der Waals surface area contributed by atoms with Gasteiger partial charge in [0.25, 0.3) is 5.91 Å². The molecule has 150 valence electrons. The van der Waals surface area contributed by atoms with E-state index in [1.165, 1.54) is 0 Å². The van der Waals surface area contributed by atoms with E-state index in [2.05, 4.69) is 30.3 Å². The van der Waals surface area contributed by atoms with Gasteiger partial charge in [-0.1, -0.05) is 0 Å². The van der Waals surface area contributed by atoms with E-state index in [4.69, 9.17) is 4.74 Å². The van der Waals surface area contributed by atoms with Crippen LogP contribution in [0.1, 0.15) is 16.8 Å². The van der Waals surface area contributed by atoms with Crippen LogP contribution in [0.5, 0.6) is 0 Å². The Morgan fingerprint density at radius 2 is 1.93 bits per heavy atom. The highest BCUT2D eigenvalue weighted by molar-refractivity contribution is 5.94. The van der Waals surface area contributed by atoms with Crippen LogP contribution in [0.3, 0.4) is 0 Å². The normalized spacial score (nSPS) is 19.7. The van der Waals surface area contributed by atoms with E-state index >= 15 is 0 Å². The van der Waals surface area contributed by atoms with Crippen LogP contribution in [-0.2, 0) is 4.74 Å². The molecule has 3 aromatic rings. The summed E-state index contributed by atoms with van der Waals surface area (Å²) < 4.78 is 7.25. The molecule has 9 nitrogen and oxygen atoms in total. The fourth-order valence-electron chi connectivity index (χ4n) is 3.95. The minimum Gasteiger partial charge on any atom is -0.378 e. The summed E-state index contributed by atoms with van der Waals surface area (Å²) in [5.74, 6) is 0.760. The molecule has 1 aromatic carbocycles. The van der Waals surface area contributed by atoms with Gasteiger partial charge in [-0.15, -0.1) is 10.2 Å². The molecular formula is C20H23N7O2. The number of carbonyl (C=O) groups excluding carboxylic acids is 1. The maximum absolute atomic E-state index is 12.7. The summed E-state index contributed by atoms with van der Waals surface area (Å²) in [4.78, 5) is 21.6. The third-order valence-electron chi connectivity index (χ3n) is 5.53. The minimum absolute atomic E-state index is 0.0426. The molecule has 0 bridgehead atoms. The van der Waals surface area contributed by atoms with Gasteiger partial charge in [0.1, 0.15) is 6.33 Å². The van der Waals surface area contributed by atoms with Crippen LogP contribution in [-0.4, -0.2) is 70.9 Å². The Morgan fingerprint density at radius 3 is 2.76 bits per heavy atom. The van der Waals surface area contributed by atoms with E-state index in [-0.39, 0.29) is 11.9 Å². The van der Waals surface area contributed by atoms with Crippen molar-refractivity contribution in [1.29, 1.82) is 0 Å². The number of rotatable bonds is 4. The average molecular weight is 393 g/mol. The van der Waals surface area contributed by atoms with Crippen molar-refractivity contribution in [3.05, 3.63) is 48.5 Å². The predicted octanol–water partition coefficient (Wildman–Crippen LogP) is 0.970. The molecule has 0 unspecified atom stereocenters. The zero-order valence-electron chi connectivity index (χ0n) is 16.1. The molecule has 0 aliphatic carbocycles. The molecule has 4 heterocycles. The van der Waals surface area contributed by atoms with Crippen molar-refractivity contribution in [2.45, 2.75) is 12.5 Å². The Morgan fingerprint density at radius 1 is 1.10 bits per heavy atom. The van der Waals surface area contributed by atoms with E-state index in [0.29, 0.717) is 12.1 Å². The van der Waals surface area contributed by atoms with E-state index in [1.807, 2.05) is 34.9 Å². The van der Waals surface area contributed by atoms with Crippen LogP contribution in [0, 0.1) is 0 Å². The van der Waals surface area contributed by atoms with Gasteiger partial charge in [0.2, 0.25) is 5.65 Å². The number of nitrogens with one attached hydrogen (secondary N) is 1. The summed E-state index contributed by atoms with van der Waals surface area (Å²) in [5.41, 5.74) is 2.54. The van der Waals surface area contributed by atoms with E-state index in [9.17, 15) is 4.79 Å². The van der Waals surface area contributed by atoms with E-state index in [0.717, 1.165) is 56.4 Å². The number of benzene rings is 1. The lowest BCUT2D eigenvalue weighted by atomic mass is 10.1. The molecule has 2 fully saturated rings. The first-order valence-corrected chi connectivity index (χ1v) is 9.91. The third kappa shape index (κ3) is 3.61. The minimum atomic E-state index is -0.0426. The molecular weight excluding hydrogens is 370 g/mol. The third-order valence-corrected chi connectivity index (χ3v) is 5.53. The fraction of sp³-hybridized carbons (Fsp3) is 0.400. The van der Waals surface area contributed by atoms with Gasteiger partial charge in [-0.05, 0) is 30.7 Å². The first kappa shape index (κ1) is 17.9. The molecule has 29 heavy (non-hydrogen) atoms. The molecule has 0 saturated carbocycles. The highest BCUT2D eigenvalue weighted by Gasteiger charge is 2.27. The number of anilines is 2. The van der Waals surface area contributed by atoms with Gasteiger partial charge >= 0.3 is 0 Å². The van der Waals surface area contributed by atoms with Crippen molar-refractivity contribution < 1.29 is 9.53 Å². The second-order valence-corrected chi connectivity index (χ2v) is 7.36. The molecule has 2 saturated heterocycles. The van der Waals surface area contributed by atoms with Crippen molar-refractivity contribution >= 4 is 23.1 Å². The maximum atomic E-state index is 12.7. The van der Waals surface area contributed by atoms with Gasteiger partial charge in [-0.2, -0.15) is 0 Å². The van der Waals surface area contributed by atoms with Gasteiger partial charge in [0.05, 0.1) is 13.2 Å². The van der Waals surface area contributed by atoms with Crippen LogP contribution in [0.4, 0.5) is 11.5 Å². The summed E-state index contributed by atoms with van der Waals surface area (Å²) >= 11 is 0. The Labute approximate surface area is 168 Å². The second kappa shape index (κ2) is 7.67. The second-order valence-electron chi connectivity index (χ2n) is 7.36. The molecule has 1 atom stereocenters. The number of hydrogen-bond donors (Lipinski definition) is 1. The summed E-state index contributed by atoms with van der Waals surface area (Å²) in [6.45, 7) is 4.79.